The van der Waals surface area contributed by atoms with Gasteiger partial charge in [0.2, 0.25) is 0 Å². The lowest BCUT2D eigenvalue weighted by Gasteiger charge is -2.10. The Morgan fingerprint density at radius 1 is 0.957 bits per heavy atom. The van der Waals surface area contributed by atoms with Crippen molar-refractivity contribution in [2.24, 2.45) is 0 Å². The highest BCUT2D eigenvalue weighted by atomic mass is 15.0. The molecular formula is C20H15N3. The number of nitrogens with zero attached hydrogens (tertiary/aromatic N) is 3. The third-order valence-electron chi connectivity index (χ3n) is 4.08. The van der Waals surface area contributed by atoms with Gasteiger partial charge in [0.1, 0.15) is 0 Å². The van der Waals surface area contributed by atoms with Crippen molar-refractivity contribution in [3.05, 3.63) is 79.3 Å². The second kappa shape index (κ2) is 5.21. The molecule has 0 saturated heterocycles. The molecule has 3 heterocycles. The van der Waals surface area contributed by atoms with Gasteiger partial charge in [-0.1, -0.05) is 31.4 Å². The van der Waals surface area contributed by atoms with Gasteiger partial charge in [-0.15, -0.1) is 0 Å². The van der Waals surface area contributed by atoms with Gasteiger partial charge in [-0.25, -0.2) is 0 Å². The summed E-state index contributed by atoms with van der Waals surface area (Å²) >= 11 is 0. The summed E-state index contributed by atoms with van der Waals surface area (Å²) in [4.78, 5) is 8.94. The van der Waals surface area contributed by atoms with Gasteiger partial charge >= 0.3 is 0 Å². The Kier molecular flexibility index (Phi) is 3.05. The van der Waals surface area contributed by atoms with E-state index in [1.807, 2.05) is 42.9 Å². The maximum atomic E-state index is 4.56. The van der Waals surface area contributed by atoms with E-state index < -0.39 is 0 Å². The van der Waals surface area contributed by atoms with E-state index in [-0.39, 0.29) is 0 Å². The van der Waals surface area contributed by atoms with Gasteiger partial charge in [0.05, 0.1) is 16.6 Å². The molecule has 0 aliphatic rings. The van der Waals surface area contributed by atoms with Crippen LogP contribution < -0.4 is 0 Å². The molecule has 0 bridgehead atoms. The molecule has 3 nitrogen and oxygen atoms in total. The number of rotatable bonds is 3. The second-order valence-corrected chi connectivity index (χ2v) is 5.33. The van der Waals surface area contributed by atoms with E-state index in [1.54, 1.807) is 0 Å². The van der Waals surface area contributed by atoms with Crippen molar-refractivity contribution in [3.63, 3.8) is 0 Å². The van der Waals surface area contributed by atoms with Crippen molar-refractivity contribution >= 4 is 34.1 Å². The molecule has 0 amide bonds. The predicted octanol–water partition coefficient (Wildman–Crippen LogP) is 4.86. The molecule has 0 N–H and O–H groups in total. The topological polar surface area (TPSA) is 30.7 Å². The molecule has 0 saturated carbocycles. The van der Waals surface area contributed by atoms with E-state index in [0.717, 1.165) is 38.8 Å². The van der Waals surface area contributed by atoms with E-state index in [4.69, 9.17) is 0 Å². The number of aromatic nitrogens is 3. The summed E-state index contributed by atoms with van der Waals surface area (Å²) in [6, 6.07) is 12.3. The first kappa shape index (κ1) is 13.5. The van der Waals surface area contributed by atoms with Crippen molar-refractivity contribution in [1.82, 2.24) is 14.5 Å². The molecule has 3 heteroatoms. The zero-order valence-corrected chi connectivity index (χ0v) is 12.6. The summed E-state index contributed by atoms with van der Waals surface area (Å²) in [5.74, 6) is 0. The molecule has 0 atom stereocenters. The summed E-state index contributed by atoms with van der Waals surface area (Å²) in [5.41, 5.74) is 6.13. The summed E-state index contributed by atoms with van der Waals surface area (Å²) < 4.78 is 2.12. The Hall–Kier alpha value is -3.20. The predicted molar refractivity (Wildman–Crippen MR) is 96.6 cm³/mol. The summed E-state index contributed by atoms with van der Waals surface area (Å²) in [5, 5.41) is 1.08. The fourth-order valence-electron chi connectivity index (χ4n) is 2.95. The highest BCUT2D eigenvalue weighted by Gasteiger charge is 2.08. The highest BCUT2D eigenvalue weighted by Crippen LogP contribution is 2.26. The lowest BCUT2D eigenvalue weighted by atomic mass is 10.0. The van der Waals surface area contributed by atoms with E-state index in [0.29, 0.717) is 0 Å². The molecule has 0 aliphatic carbocycles. The lowest BCUT2D eigenvalue weighted by molar-refractivity contribution is 1.13. The Labute approximate surface area is 134 Å². The quantitative estimate of drug-likeness (QED) is 0.540. The van der Waals surface area contributed by atoms with E-state index >= 15 is 0 Å². The molecule has 0 radical (unpaired) electrons. The summed E-state index contributed by atoms with van der Waals surface area (Å²) in [6.07, 6.45) is 9.34. The lowest BCUT2D eigenvalue weighted by Crippen LogP contribution is -1.94. The van der Waals surface area contributed by atoms with Crippen molar-refractivity contribution < 1.29 is 0 Å². The van der Waals surface area contributed by atoms with Gasteiger partial charge in [0.25, 0.3) is 0 Å². The third kappa shape index (κ3) is 2.06. The van der Waals surface area contributed by atoms with Crippen LogP contribution in [0.5, 0.6) is 0 Å². The molecule has 3 aromatic heterocycles. The van der Waals surface area contributed by atoms with Crippen LogP contribution in [0.4, 0.5) is 0 Å². The SMILES string of the molecule is C=Cc1cnc2cc(-n3ccc4ncccc43)ccc2c1C=C. The van der Waals surface area contributed by atoms with Crippen LogP contribution in [0, 0.1) is 0 Å². The fourth-order valence-corrected chi connectivity index (χ4v) is 2.95. The van der Waals surface area contributed by atoms with Crippen LogP contribution in [-0.4, -0.2) is 14.5 Å². The molecule has 0 spiro atoms. The molecule has 110 valence electrons. The molecular weight excluding hydrogens is 282 g/mol. The number of hydrogen-bond acceptors (Lipinski definition) is 2. The van der Waals surface area contributed by atoms with Crippen molar-refractivity contribution in [2.75, 3.05) is 0 Å². The van der Waals surface area contributed by atoms with E-state index in [9.17, 15) is 0 Å². The second-order valence-electron chi connectivity index (χ2n) is 5.33. The third-order valence-corrected chi connectivity index (χ3v) is 4.08. The number of pyridine rings is 2. The van der Waals surface area contributed by atoms with Crippen LogP contribution in [0.1, 0.15) is 11.1 Å². The van der Waals surface area contributed by atoms with Crippen molar-refractivity contribution in [1.29, 1.82) is 0 Å². The smallest absolute Gasteiger partial charge is 0.0884 e. The molecule has 0 unspecified atom stereocenters. The monoisotopic (exact) mass is 297 g/mol. The molecule has 4 rings (SSSR count). The fraction of sp³-hybridized carbons (Fsp3) is 0. The zero-order valence-electron chi connectivity index (χ0n) is 12.6. The van der Waals surface area contributed by atoms with Crippen LogP contribution in [-0.2, 0) is 0 Å². The Balaban J connectivity index is 1.96. The Morgan fingerprint density at radius 2 is 1.87 bits per heavy atom. The minimum Gasteiger partial charge on any atom is -0.315 e. The highest BCUT2D eigenvalue weighted by molar-refractivity contribution is 5.92. The molecule has 23 heavy (non-hydrogen) atoms. The molecule has 0 fully saturated rings. The van der Waals surface area contributed by atoms with Crippen LogP contribution in [0.3, 0.4) is 0 Å². The van der Waals surface area contributed by atoms with Crippen molar-refractivity contribution in [2.45, 2.75) is 0 Å². The first-order valence-electron chi connectivity index (χ1n) is 7.42. The minimum atomic E-state index is 0.939. The average Bonchev–Trinajstić information content (AvgIpc) is 3.04. The largest absolute Gasteiger partial charge is 0.315 e. The maximum Gasteiger partial charge on any atom is 0.0884 e. The van der Waals surface area contributed by atoms with Crippen LogP contribution in [0.15, 0.2) is 68.1 Å². The average molecular weight is 297 g/mol. The minimum absolute atomic E-state index is 0.939. The normalized spacial score (nSPS) is 11.0. The van der Waals surface area contributed by atoms with E-state index in [2.05, 4.69) is 52.0 Å². The number of fused-ring (bicyclic) bond motifs is 2. The van der Waals surface area contributed by atoms with Gasteiger partial charge in [-0.3, -0.25) is 9.97 Å². The van der Waals surface area contributed by atoms with Crippen LogP contribution >= 0.6 is 0 Å². The van der Waals surface area contributed by atoms with E-state index in [1.165, 1.54) is 0 Å². The molecule has 0 aliphatic heterocycles. The van der Waals surface area contributed by atoms with Gasteiger partial charge in [0, 0.05) is 35.2 Å². The van der Waals surface area contributed by atoms with Gasteiger partial charge < -0.3 is 4.57 Å². The zero-order chi connectivity index (χ0) is 15.8. The first-order chi connectivity index (χ1) is 11.3. The van der Waals surface area contributed by atoms with Gasteiger partial charge in [0.15, 0.2) is 0 Å². The van der Waals surface area contributed by atoms with Crippen molar-refractivity contribution in [3.8, 4) is 5.69 Å². The summed E-state index contributed by atoms with van der Waals surface area (Å²) in [6.45, 7) is 7.75. The van der Waals surface area contributed by atoms with Crippen LogP contribution in [0.2, 0.25) is 0 Å². The molecule has 4 aromatic rings. The number of hydrogen-bond donors (Lipinski definition) is 0. The molecule has 1 aromatic carbocycles. The van der Waals surface area contributed by atoms with Gasteiger partial charge in [-0.05, 0) is 35.9 Å². The Bertz CT molecular complexity index is 1060. The Morgan fingerprint density at radius 3 is 2.70 bits per heavy atom. The first-order valence-corrected chi connectivity index (χ1v) is 7.42. The standard InChI is InChI=1S/C20H15N3/c1-3-14-13-22-19-12-15(7-8-17(19)16(14)4-2)23-11-9-18-20(23)6-5-10-21-18/h3-13H,1-2H2. The van der Waals surface area contributed by atoms with Crippen LogP contribution in [0.25, 0.3) is 39.8 Å². The summed E-state index contributed by atoms with van der Waals surface area (Å²) in [7, 11) is 0. The van der Waals surface area contributed by atoms with Gasteiger partial charge in [-0.2, -0.15) is 0 Å². The maximum absolute atomic E-state index is 4.56. The number of benzene rings is 1.